The van der Waals surface area contributed by atoms with E-state index in [2.05, 4.69) is 5.32 Å². The van der Waals surface area contributed by atoms with Gasteiger partial charge in [0.25, 0.3) is 0 Å². The van der Waals surface area contributed by atoms with Crippen molar-refractivity contribution in [3.8, 4) is 0 Å². The van der Waals surface area contributed by atoms with Crippen LogP contribution < -0.4 is 5.32 Å². The van der Waals surface area contributed by atoms with Gasteiger partial charge in [-0.2, -0.15) is 0 Å². The van der Waals surface area contributed by atoms with Gasteiger partial charge in [-0.25, -0.2) is 0 Å². The van der Waals surface area contributed by atoms with E-state index in [1.165, 1.54) is 0 Å². The molecule has 2 aliphatic heterocycles. The van der Waals surface area contributed by atoms with Crippen molar-refractivity contribution in [2.45, 2.75) is 44.6 Å². The van der Waals surface area contributed by atoms with E-state index >= 15 is 0 Å². The van der Waals surface area contributed by atoms with Crippen LogP contribution in [0.5, 0.6) is 0 Å². The van der Waals surface area contributed by atoms with Gasteiger partial charge < -0.3 is 15.1 Å². The number of carbonyl (C=O) groups is 2. The van der Waals surface area contributed by atoms with Crippen molar-refractivity contribution in [1.82, 2.24) is 15.1 Å². The second kappa shape index (κ2) is 7.88. The first-order valence-electron chi connectivity index (χ1n) is 9.02. The van der Waals surface area contributed by atoms with Crippen LogP contribution >= 0.6 is 11.8 Å². The van der Waals surface area contributed by atoms with Crippen LogP contribution in [0.3, 0.4) is 0 Å². The Balaban J connectivity index is 1.57. The molecule has 0 radical (unpaired) electrons. The van der Waals surface area contributed by atoms with E-state index in [1.54, 1.807) is 11.8 Å². The predicted octanol–water partition coefficient (Wildman–Crippen LogP) is 1.54. The Bertz CT molecular complexity index is 432. The Hall–Kier alpha value is -0.750. The monoisotopic (exact) mass is 339 g/mol. The number of amides is 2. The molecule has 0 bridgehead atoms. The third-order valence-corrected chi connectivity index (χ3v) is 6.59. The molecule has 5 nitrogen and oxygen atoms in total. The Labute approximate surface area is 143 Å². The summed E-state index contributed by atoms with van der Waals surface area (Å²) in [5, 5.41) is 3.23. The Morgan fingerprint density at radius 3 is 2.43 bits per heavy atom. The van der Waals surface area contributed by atoms with E-state index < -0.39 is 0 Å². The molecule has 0 spiro atoms. The summed E-state index contributed by atoms with van der Waals surface area (Å²) >= 11 is 1.73. The van der Waals surface area contributed by atoms with E-state index in [1.807, 2.05) is 16.8 Å². The molecule has 3 aliphatic rings. The lowest BCUT2D eigenvalue weighted by molar-refractivity contribution is -0.146. The number of carbonyl (C=O) groups excluding carboxylic acids is 2. The van der Waals surface area contributed by atoms with Crippen molar-refractivity contribution in [2.75, 3.05) is 38.3 Å². The lowest BCUT2D eigenvalue weighted by Crippen LogP contribution is -2.52. The highest BCUT2D eigenvalue weighted by molar-refractivity contribution is 7.99. The lowest BCUT2D eigenvalue weighted by atomic mass is 9.96. The summed E-state index contributed by atoms with van der Waals surface area (Å²) in [6.45, 7) is 2.73. The molecular weight excluding hydrogens is 310 g/mol. The lowest BCUT2D eigenvalue weighted by Gasteiger charge is -2.35. The van der Waals surface area contributed by atoms with Crippen LogP contribution in [0.15, 0.2) is 0 Å². The van der Waals surface area contributed by atoms with Crippen LogP contribution in [0.4, 0.5) is 0 Å². The first-order valence-corrected chi connectivity index (χ1v) is 10.2. The van der Waals surface area contributed by atoms with E-state index in [0.717, 1.165) is 63.9 Å². The third-order valence-electron chi connectivity index (χ3n) is 5.57. The zero-order valence-corrected chi connectivity index (χ0v) is 14.9. The van der Waals surface area contributed by atoms with E-state index in [-0.39, 0.29) is 23.8 Å². The molecule has 2 saturated heterocycles. The van der Waals surface area contributed by atoms with Gasteiger partial charge >= 0.3 is 0 Å². The number of hydrogen-bond acceptors (Lipinski definition) is 4. The van der Waals surface area contributed by atoms with Gasteiger partial charge in [0.2, 0.25) is 11.8 Å². The number of rotatable bonds is 4. The average Bonchev–Trinajstić information content (AvgIpc) is 3.26. The summed E-state index contributed by atoms with van der Waals surface area (Å²) in [5.41, 5.74) is 0. The quantitative estimate of drug-likeness (QED) is 0.844. The van der Waals surface area contributed by atoms with Crippen molar-refractivity contribution in [1.29, 1.82) is 0 Å². The molecular formula is C17H29N3O2S. The Morgan fingerprint density at radius 2 is 1.78 bits per heavy atom. The van der Waals surface area contributed by atoms with Gasteiger partial charge in [0, 0.05) is 24.8 Å². The number of nitrogens with one attached hydrogen (secondary N) is 1. The maximum absolute atomic E-state index is 12.9. The molecule has 1 unspecified atom stereocenters. The second-order valence-electron chi connectivity index (χ2n) is 7.13. The van der Waals surface area contributed by atoms with E-state index in [0.29, 0.717) is 11.8 Å². The van der Waals surface area contributed by atoms with Crippen LogP contribution in [0.1, 0.15) is 38.5 Å². The van der Waals surface area contributed by atoms with Crippen LogP contribution in [0, 0.1) is 11.8 Å². The molecule has 130 valence electrons. The third kappa shape index (κ3) is 3.85. The molecule has 0 aromatic heterocycles. The van der Waals surface area contributed by atoms with Crippen molar-refractivity contribution >= 4 is 23.6 Å². The maximum atomic E-state index is 12.9. The van der Waals surface area contributed by atoms with Gasteiger partial charge in [0.15, 0.2) is 0 Å². The minimum atomic E-state index is -0.214. The molecule has 0 aromatic rings. The molecule has 6 heteroatoms. The molecule has 1 atom stereocenters. The molecule has 2 heterocycles. The Morgan fingerprint density at radius 1 is 1.09 bits per heavy atom. The zero-order valence-electron chi connectivity index (χ0n) is 14.1. The molecule has 1 aliphatic carbocycles. The van der Waals surface area contributed by atoms with Crippen LogP contribution in [-0.2, 0) is 9.59 Å². The molecule has 0 aromatic carbocycles. The second-order valence-corrected chi connectivity index (χ2v) is 8.13. The van der Waals surface area contributed by atoms with E-state index in [9.17, 15) is 9.59 Å². The zero-order chi connectivity index (χ0) is 16.2. The standard InChI is InChI=1S/C17H29N3O2S/c1-18-10-13-6-8-19(9-7-13)17(22)15-11-23-12-20(15)16(21)14-4-2-3-5-14/h13-15,18H,2-12H2,1H3. The predicted molar refractivity (Wildman–Crippen MR) is 93.1 cm³/mol. The summed E-state index contributed by atoms with van der Waals surface area (Å²) in [7, 11) is 1.99. The number of hydrogen-bond donors (Lipinski definition) is 1. The largest absolute Gasteiger partial charge is 0.341 e. The van der Waals surface area contributed by atoms with Crippen molar-refractivity contribution in [2.24, 2.45) is 11.8 Å². The summed E-state index contributed by atoms with van der Waals surface area (Å²) in [6, 6.07) is -0.214. The summed E-state index contributed by atoms with van der Waals surface area (Å²) in [4.78, 5) is 29.5. The van der Waals surface area contributed by atoms with Crippen LogP contribution in [-0.4, -0.2) is 66.0 Å². The van der Waals surface area contributed by atoms with Gasteiger partial charge in [-0.3, -0.25) is 9.59 Å². The first-order chi connectivity index (χ1) is 11.2. The smallest absolute Gasteiger partial charge is 0.246 e. The molecule has 3 fully saturated rings. The molecule has 2 amide bonds. The normalized spacial score (nSPS) is 26.9. The van der Waals surface area contributed by atoms with Gasteiger partial charge in [-0.05, 0) is 45.2 Å². The van der Waals surface area contributed by atoms with Gasteiger partial charge in [0.05, 0.1) is 5.88 Å². The van der Waals surface area contributed by atoms with Gasteiger partial charge in [0.1, 0.15) is 6.04 Å². The fraction of sp³-hybridized carbons (Fsp3) is 0.882. The van der Waals surface area contributed by atoms with Crippen LogP contribution in [0.25, 0.3) is 0 Å². The molecule has 23 heavy (non-hydrogen) atoms. The Kier molecular flexibility index (Phi) is 5.85. The topological polar surface area (TPSA) is 52.7 Å². The highest BCUT2D eigenvalue weighted by Crippen LogP contribution is 2.31. The summed E-state index contributed by atoms with van der Waals surface area (Å²) < 4.78 is 0. The number of likely N-dealkylation sites (tertiary alicyclic amines) is 1. The number of thioether (sulfide) groups is 1. The number of nitrogens with zero attached hydrogens (tertiary/aromatic N) is 2. The average molecular weight is 340 g/mol. The minimum absolute atomic E-state index is 0.172. The molecule has 1 N–H and O–H groups in total. The van der Waals surface area contributed by atoms with Crippen molar-refractivity contribution in [3.05, 3.63) is 0 Å². The fourth-order valence-corrected chi connectivity index (χ4v) is 5.28. The molecule has 1 saturated carbocycles. The first kappa shape index (κ1) is 17.1. The van der Waals surface area contributed by atoms with E-state index in [4.69, 9.17) is 0 Å². The minimum Gasteiger partial charge on any atom is -0.341 e. The highest BCUT2D eigenvalue weighted by atomic mass is 32.2. The summed E-state index contributed by atoms with van der Waals surface area (Å²) in [6.07, 6.45) is 6.49. The fourth-order valence-electron chi connectivity index (χ4n) is 4.13. The van der Waals surface area contributed by atoms with Gasteiger partial charge in [-0.1, -0.05) is 12.8 Å². The van der Waals surface area contributed by atoms with Crippen molar-refractivity contribution < 1.29 is 9.59 Å². The maximum Gasteiger partial charge on any atom is 0.246 e. The SMILES string of the molecule is CNCC1CCN(C(=O)C2CSCN2C(=O)C2CCCC2)CC1. The molecule has 3 rings (SSSR count). The summed E-state index contributed by atoms with van der Waals surface area (Å²) in [5.74, 6) is 2.74. The highest BCUT2D eigenvalue weighted by Gasteiger charge is 2.40. The van der Waals surface area contributed by atoms with Gasteiger partial charge in [-0.15, -0.1) is 11.8 Å². The number of piperidine rings is 1. The van der Waals surface area contributed by atoms with Crippen LogP contribution in [0.2, 0.25) is 0 Å². The van der Waals surface area contributed by atoms with Crippen molar-refractivity contribution in [3.63, 3.8) is 0 Å².